The van der Waals surface area contributed by atoms with Crippen LogP contribution in [0.1, 0.15) is 0 Å². The van der Waals surface area contributed by atoms with Crippen molar-refractivity contribution in [3.63, 3.8) is 0 Å². The predicted molar refractivity (Wildman–Crippen MR) is 76.9 cm³/mol. The third-order valence-corrected chi connectivity index (χ3v) is 3.28. The molecule has 1 atom stereocenters. The number of nitrogens with one attached hydrogen (secondary N) is 2. The molecule has 2 heterocycles. The van der Waals surface area contributed by atoms with Crippen LogP contribution in [0.25, 0.3) is 5.69 Å². The summed E-state index contributed by atoms with van der Waals surface area (Å²) in [7, 11) is 1.56. The number of morpholine rings is 1. The highest BCUT2D eigenvalue weighted by Crippen LogP contribution is 2.25. The molecule has 3 rings (SSSR count). The molecule has 9 nitrogen and oxygen atoms in total. The lowest BCUT2D eigenvalue weighted by atomic mass is 10.2. The number of hydrogen-bond acceptors (Lipinski definition) is 7. The van der Waals surface area contributed by atoms with Crippen molar-refractivity contribution in [2.45, 2.75) is 6.04 Å². The third kappa shape index (κ3) is 3.05. The highest BCUT2D eigenvalue weighted by atomic mass is 16.5. The highest BCUT2D eigenvalue weighted by Gasteiger charge is 2.21. The van der Waals surface area contributed by atoms with Crippen LogP contribution in [0.4, 0.5) is 5.69 Å². The Balaban J connectivity index is 1.79. The standard InChI is InChI=1S/C13H16N6O3/c1-21-12-3-2-9(6-11(12)19-8-15-17-18-19)16-13(20)10-7-22-5-4-14-10/h2-3,6,8,10,14H,4-5,7H2,1H3,(H,16,20). The Bertz CT molecular complexity index is 639. The zero-order valence-electron chi connectivity index (χ0n) is 12.0. The fourth-order valence-electron chi connectivity index (χ4n) is 2.18. The lowest BCUT2D eigenvalue weighted by Crippen LogP contribution is -2.48. The van der Waals surface area contributed by atoms with Gasteiger partial charge in [-0.15, -0.1) is 5.10 Å². The Morgan fingerprint density at radius 1 is 1.55 bits per heavy atom. The molecule has 0 radical (unpaired) electrons. The topological polar surface area (TPSA) is 103 Å². The van der Waals surface area contributed by atoms with Crippen LogP contribution >= 0.6 is 0 Å². The number of aromatic nitrogens is 4. The molecule has 2 aromatic rings. The lowest BCUT2D eigenvalue weighted by Gasteiger charge is -2.23. The first-order valence-electron chi connectivity index (χ1n) is 6.81. The van der Waals surface area contributed by atoms with Gasteiger partial charge in [0.25, 0.3) is 0 Å². The summed E-state index contributed by atoms with van der Waals surface area (Å²) < 4.78 is 12.0. The van der Waals surface area contributed by atoms with Crippen molar-refractivity contribution in [3.8, 4) is 11.4 Å². The zero-order valence-corrected chi connectivity index (χ0v) is 12.0. The molecule has 0 saturated carbocycles. The van der Waals surface area contributed by atoms with Gasteiger partial charge in [-0.25, -0.2) is 0 Å². The summed E-state index contributed by atoms with van der Waals surface area (Å²) in [5.74, 6) is 0.456. The average molecular weight is 304 g/mol. The van der Waals surface area contributed by atoms with E-state index in [1.165, 1.54) is 11.0 Å². The van der Waals surface area contributed by atoms with Gasteiger partial charge in [-0.3, -0.25) is 4.79 Å². The summed E-state index contributed by atoms with van der Waals surface area (Å²) in [6.07, 6.45) is 1.46. The number of hydrogen-bond donors (Lipinski definition) is 2. The second kappa shape index (κ2) is 6.50. The van der Waals surface area contributed by atoms with Crippen LogP contribution in [0, 0.1) is 0 Å². The molecule has 22 heavy (non-hydrogen) atoms. The van der Waals surface area contributed by atoms with Crippen LogP contribution in [0.5, 0.6) is 5.75 Å². The van der Waals surface area contributed by atoms with Gasteiger partial charge in [-0.2, -0.15) is 4.68 Å². The Morgan fingerprint density at radius 2 is 2.45 bits per heavy atom. The molecule has 1 unspecified atom stereocenters. The van der Waals surface area contributed by atoms with Crippen molar-refractivity contribution < 1.29 is 14.3 Å². The van der Waals surface area contributed by atoms with Crippen molar-refractivity contribution in [2.24, 2.45) is 0 Å². The van der Waals surface area contributed by atoms with Crippen LogP contribution in [0.15, 0.2) is 24.5 Å². The number of rotatable bonds is 4. The molecule has 0 spiro atoms. The van der Waals surface area contributed by atoms with E-state index in [2.05, 4.69) is 26.2 Å². The highest BCUT2D eigenvalue weighted by molar-refractivity contribution is 5.95. The molecule has 1 aliphatic heterocycles. The van der Waals surface area contributed by atoms with Gasteiger partial charge < -0.3 is 20.1 Å². The zero-order chi connectivity index (χ0) is 15.4. The fourth-order valence-corrected chi connectivity index (χ4v) is 2.18. The number of benzene rings is 1. The Kier molecular flexibility index (Phi) is 4.26. The number of nitrogens with zero attached hydrogens (tertiary/aromatic N) is 4. The number of tetrazole rings is 1. The molecule has 1 aromatic heterocycles. The first-order chi connectivity index (χ1) is 10.8. The minimum Gasteiger partial charge on any atom is -0.494 e. The van der Waals surface area contributed by atoms with E-state index in [0.717, 1.165) is 0 Å². The largest absolute Gasteiger partial charge is 0.494 e. The van der Waals surface area contributed by atoms with E-state index in [4.69, 9.17) is 9.47 Å². The molecule has 1 saturated heterocycles. The predicted octanol–water partition coefficient (Wildman–Crippen LogP) is -0.402. The first kappa shape index (κ1) is 14.4. The van der Waals surface area contributed by atoms with E-state index in [-0.39, 0.29) is 11.9 Å². The summed E-state index contributed by atoms with van der Waals surface area (Å²) in [6, 6.07) is 4.90. The Labute approximate surface area is 126 Å². The molecule has 0 bridgehead atoms. The van der Waals surface area contributed by atoms with E-state index < -0.39 is 0 Å². The van der Waals surface area contributed by atoms with Gasteiger partial charge in [0.2, 0.25) is 5.91 Å². The normalized spacial score (nSPS) is 18.0. The SMILES string of the molecule is COc1ccc(NC(=O)C2COCCN2)cc1-n1cnnn1. The van der Waals surface area contributed by atoms with Crippen molar-refractivity contribution in [1.82, 2.24) is 25.5 Å². The van der Waals surface area contributed by atoms with E-state index in [1.807, 2.05) is 0 Å². The monoisotopic (exact) mass is 304 g/mol. The molecular weight excluding hydrogens is 288 g/mol. The van der Waals surface area contributed by atoms with Crippen LogP contribution in [-0.2, 0) is 9.53 Å². The van der Waals surface area contributed by atoms with Gasteiger partial charge in [0.05, 0.1) is 20.3 Å². The van der Waals surface area contributed by atoms with Crippen LogP contribution in [-0.4, -0.2) is 59.0 Å². The summed E-state index contributed by atoms with van der Waals surface area (Å²) in [4.78, 5) is 12.2. The van der Waals surface area contributed by atoms with Crippen LogP contribution in [0.2, 0.25) is 0 Å². The average Bonchev–Trinajstić information content (AvgIpc) is 3.10. The number of amides is 1. The molecule has 1 fully saturated rings. The molecule has 9 heteroatoms. The second-order valence-electron chi connectivity index (χ2n) is 4.71. The Hall–Kier alpha value is -2.52. The second-order valence-corrected chi connectivity index (χ2v) is 4.71. The van der Waals surface area contributed by atoms with E-state index in [0.29, 0.717) is 36.9 Å². The molecule has 0 aliphatic carbocycles. The summed E-state index contributed by atoms with van der Waals surface area (Å²) in [5, 5.41) is 17.0. The van der Waals surface area contributed by atoms with Crippen molar-refractivity contribution >= 4 is 11.6 Å². The number of ether oxygens (including phenoxy) is 2. The van der Waals surface area contributed by atoms with Gasteiger partial charge in [0, 0.05) is 12.2 Å². The van der Waals surface area contributed by atoms with Crippen LogP contribution in [0.3, 0.4) is 0 Å². The minimum atomic E-state index is -0.354. The quantitative estimate of drug-likeness (QED) is 0.792. The maximum absolute atomic E-state index is 12.2. The first-order valence-corrected chi connectivity index (χ1v) is 6.81. The lowest BCUT2D eigenvalue weighted by molar-refractivity contribution is -0.120. The molecule has 116 valence electrons. The number of anilines is 1. The van der Waals surface area contributed by atoms with Crippen LogP contribution < -0.4 is 15.4 Å². The molecule has 1 aromatic carbocycles. The maximum Gasteiger partial charge on any atom is 0.243 e. The summed E-state index contributed by atoms with van der Waals surface area (Å²) >= 11 is 0. The van der Waals surface area contributed by atoms with E-state index >= 15 is 0 Å². The maximum atomic E-state index is 12.2. The van der Waals surface area contributed by atoms with Crippen molar-refractivity contribution in [3.05, 3.63) is 24.5 Å². The van der Waals surface area contributed by atoms with E-state index in [9.17, 15) is 4.79 Å². The smallest absolute Gasteiger partial charge is 0.243 e. The number of methoxy groups -OCH3 is 1. The van der Waals surface area contributed by atoms with Gasteiger partial charge in [0.1, 0.15) is 23.8 Å². The van der Waals surface area contributed by atoms with Gasteiger partial charge in [0.15, 0.2) is 0 Å². The van der Waals surface area contributed by atoms with Gasteiger partial charge in [-0.1, -0.05) is 0 Å². The molecule has 1 amide bonds. The van der Waals surface area contributed by atoms with Crippen molar-refractivity contribution in [2.75, 3.05) is 32.2 Å². The summed E-state index contributed by atoms with van der Waals surface area (Å²) in [5.41, 5.74) is 1.27. The van der Waals surface area contributed by atoms with Crippen molar-refractivity contribution in [1.29, 1.82) is 0 Å². The molecule has 1 aliphatic rings. The molecular formula is C13H16N6O3. The molecule has 2 N–H and O–H groups in total. The third-order valence-electron chi connectivity index (χ3n) is 3.28. The fraction of sp³-hybridized carbons (Fsp3) is 0.385. The summed E-state index contributed by atoms with van der Waals surface area (Å²) in [6.45, 7) is 1.65. The Morgan fingerprint density at radius 3 is 3.14 bits per heavy atom. The van der Waals surface area contributed by atoms with Gasteiger partial charge in [-0.05, 0) is 28.6 Å². The number of carbonyl (C=O) groups excluding carboxylic acids is 1. The van der Waals surface area contributed by atoms with Gasteiger partial charge >= 0.3 is 0 Å². The number of carbonyl (C=O) groups is 1. The minimum absolute atomic E-state index is 0.146. The van der Waals surface area contributed by atoms with E-state index in [1.54, 1.807) is 25.3 Å².